The molecule has 0 bridgehead atoms. The van der Waals surface area contributed by atoms with Crippen LogP contribution in [0.1, 0.15) is 155 Å². The van der Waals surface area contributed by atoms with Crippen LogP contribution in [-0.4, -0.2) is 98.9 Å². The first-order chi connectivity index (χ1) is 32.0. The van der Waals surface area contributed by atoms with Crippen LogP contribution in [0, 0.1) is 0 Å². The Hall–Kier alpha value is -3.00. The number of esters is 1. The predicted molar refractivity (Wildman–Crippen MR) is 267 cm³/mol. The van der Waals surface area contributed by atoms with Crippen molar-refractivity contribution >= 4 is 13.8 Å². The maximum Gasteiger partial charge on any atom is 0.472 e. The van der Waals surface area contributed by atoms with E-state index in [0.29, 0.717) is 13.0 Å². The van der Waals surface area contributed by atoms with Gasteiger partial charge in [0.25, 0.3) is 0 Å². The summed E-state index contributed by atoms with van der Waals surface area (Å²) in [5, 5.41) is 50.3. The minimum atomic E-state index is -5.05. The molecule has 0 aromatic rings. The molecule has 0 radical (unpaired) electrons. The zero-order valence-corrected chi connectivity index (χ0v) is 41.1. The third kappa shape index (κ3) is 33.5. The van der Waals surface area contributed by atoms with Crippen LogP contribution >= 0.6 is 7.82 Å². The van der Waals surface area contributed by atoms with E-state index < -0.39 is 63.1 Å². The molecule has 0 aromatic carbocycles. The molecule has 1 saturated carbocycles. The van der Waals surface area contributed by atoms with Crippen molar-refractivity contribution in [1.29, 1.82) is 0 Å². The lowest BCUT2D eigenvalue weighted by atomic mass is 9.85. The van der Waals surface area contributed by atoms with Crippen molar-refractivity contribution in [2.24, 2.45) is 0 Å². The zero-order chi connectivity index (χ0) is 48.4. The molecule has 0 heterocycles. The van der Waals surface area contributed by atoms with Gasteiger partial charge in [-0.3, -0.25) is 13.8 Å². The minimum absolute atomic E-state index is 0.120. The number of unbranched alkanes of at least 4 members (excludes halogenated alkanes) is 10. The van der Waals surface area contributed by atoms with Gasteiger partial charge in [-0.2, -0.15) is 0 Å². The quantitative estimate of drug-likeness (QED) is 0.0148. The molecule has 0 aromatic heterocycles. The molecule has 0 saturated heterocycles. The van der Waals surface area contributed by atoms with E-state index in [1.54, 1.807) is 0 Å². The van der Waals surface area contributed by atoms with Crippen LogP contribution in [0.4, 0.5) is 0 Å². The summed E-state index contributed by atoms with van der Waals surface area (Å²) in [7, 11) is -5.05. The monoisotopic (exact) mass is 947 g/mol. The summed E-state index contributed by atoms with van der Waals surface area (Å²) in [6.07, 6.45) is 47.3. The highest BCUT2D eigenvalue weighted by Gasteiger charge is 2.51. The van der Waals surface area contributed by atoms with E-state index in [1.165, 1.54) is 19.3 Å². The van der Waals surface area contributed by atoms with Gasteiger partial charge in [-0.1, -0.05) is 155 Å². The molecule has 376 valence electrons. The lowest BCUT2D eigenvalue weighted by molar-refractivity contribution is -0.220. The average Bonchev–Trinajstić information content (AvgIpc) is 3.30. The molecule has 13 heteroatoms. The van der Waals surface area contributed by atoms with Gasteiger partial charge in [0.15, 0.2) is 0 Å². The summed E-state index contributed by atoms with van der Waals surface area (Å²) in [5.74, 6) is -0.512. The number of phosphoric acid groups is 1. The van der Waals surface area contributed by atoms with Gasteiger partial charge in [0.2, 0.25) is 0 Å². The van der Waals surface area contributed by atoms with Gasteiger partial charge in [0.1, 0.15) is 42.7 Å². The van der Waals surface area contributed by atoms with Gasteiger partial charge in [-0.25, -0.2) is 4.57 Å². The van der Waals surface area contributed by atoms with Crippen molar-refractivity contribution in [2.75, 3.05) is 19.8 Å². The highest BCUT2D eigenvalue weighted by atomic mass is 31.2. The Labute approximate surface area is 397 Å². The number of carbonyl (C=O) groups excluding carboxylic acids is 1. The van der Waals surface area contributed by atoms with Gasteiger partial charge in [0, 0.05) is 13.0 Å². The number of hydrogen-bond donors (Lipinski definition) is 6. The Balaban J connectivity index is 2.42. The fraction of sp³-hybridized carbons (Fsp3) is 0.642. The zero-order valence-electron chi connectivity index (χ0n) is 40.2. The lowest BCUT2D eigenvalue weighted by Crippen LogP contribution is -2.64. The SMILES string of the molecule is CC/C=C\C/C=C\C/C=C\C/C=C\C/C=C\C/C=C\C/C=C\CCCCOCC(COP(=O)(O)OC1C(O)C(O)C(O)C(O)C1O)OC(=O)CCCCCCC/C=C\C/C=C\CCCCC. The standard InChI is InChI=1S/C53H87O12P/c1-3-5-7-9-11-13-15-17-19-20-21-22-23-24-25-26-27-29-31-33-35-37-39-41-43-62-44-46(45-63-66(60,61)65-53-51(58)49(56)48(55)50(57)52(53)59)64-47(54)42-40-38-36-34-32-30-28-18-16-14-12-10-8-6-4-2/h5,7,11-14,17-19,21-22,24-25,27-29,33,35,46,48-53,55-59H,3-4,6,8-10,15-16,20,23,26,30-32,34,36-45H2,1-2H3,(H,60,61)/b7-5-,13-11-,14-12-,19-17-,22-21-,25-24-,28-18-,29-27-,35-33-. The molecule has 12 nitrogen and oxygen atoms in total. The van der Waals surface area contributed by atoms with Crippen molar-refractivity contribution in [3.63, 3.8) is 0 Å². The summed E-state index contributed by atoms with van der Waals surface area (Å²) in [5.41, 5.74) is 0. The first-order valence-corrected chi connectivity index (χ1v) is 26.2. The molecule has 1 aliphatic rings. The number of carbonyl (C=O) groups is 1. The second kappa shape index (κ2) is 42.1. The van der Waals surface area contributed by atoms with E-state index in [9.17, 15) is 39.8 Å². The third-order valence-electron chi connectivity index (χ3n) is 10.6. The summed E-state index contributed by atoms with van der Waals surface area (Å²) in [6, 6.07) is 0. The first-order valence-electron chi connectivity index (χ1n) is 24.7. The van der Waals surface area contributed by atoms with Gasteiger partial charge in [-0.05, 0) is 103 Å². The Bertz CT molecular complexity index is 1500. The van der Waals surface area contributed by atoms with Crippen LogP contribution in [0.15, 0.2) is 109 Å². The van der Waals surface area contributed by atoms with Crippen LogP contribution in [-0.2, 0) is 27.9 Å². The van der Waals surface area contributed by atoms with Gasteiger partial charge < -0.3 is 39.9 Å². The number of aliphatic hydroxyl groups excluding tert-OH is 5. The number of ether oxygens (including phenoxy) is 2. The van der Waals surface area contributed by atoms with Crippen molar-refractivity contribution in [2.45, 2.75) is 198 Å². The molecule has 1 fully saturated rings. The summed E-state index contributed by atoms with van der Waals surface area (Å²) in [6.45, 7) is 3.98. The highest BCUT2D eigenvalue weighted by molar-refractivity contribution is 7.47. The molecule has 0 spiro atoms. The third-order valence-corrected chi connectivity index (χ3v) is 11.6. The number of allylic oxidation sites excluding steroid dienone is 18. The topological polar surface area (TPSA) is 192 Å². The molecule has 66 heavy (non-hydrogen) atoms. The first kappa shape index (κ1) is 61.0. The molecular weight excluding hydrogens is 860 g/mol. The van der Waals surface area contributed by atoms with Gasteiger partial charge in [-0.15, -0.1) is 0 Å². The number of rotatable bonds is 40. The molecule has 6 atom stereocenters. The molecule has 0 amide bonds. The fourth-order valence-electron chi connectivity index (χ4n) is 6.72. The molecular formula is C53H87O12P. The Kier molecular flexibility index (Phi) is 38.9. The number of hydrogen-bond acceptors (Lipinski definition) is 11. The van der Waals surface area contributed by atoms with E-state index in [2.05, 4.69) is 123 Å². The van der Waals surface area contributed by atoms with E-state index >= 15 is 0 Å². The second-order valence-electron chi connectivity index (χ2n) is 16.6. The van der Waals surface area contributed by atoms with Gasteiger partial charge >= 0.3 is 13.8 Å². The maximum atomic E-state index is 12.8. The smallest absolute Gasteiger partial charge is 0.457 e. The molecule has 6 unspecified atom stereocenters. The van der Waals surface area contributed by atoms with E-state index in [-0.39, 0.29) is 13.0 Å². The van der Waals surface area contributed by atoms with E-state index in [1.807, 2.05) is 0 Å². The number of aliphatic hydroxyl groups is 5. The van der Waals surface area contributed by atoms with Crippen LogP contribution in [0.5, 0.6) is 0 Å². The summed E-state index contributed by atoms with van der Waals surface area (Å²) >= 11 is 0. The molecule has 1 aliphatic carbocycles. The Morgan fingerprint density at radius 1 is 0.500 bits per heavy atom. The normalized spacial score (nSPS) is 22.4. The maximum absolute atomic E-state index is 12.8. The fourth-order valence-corrected chi connectivity index (χ4v) is 7.69. The van der Waals surface area contributed by atoms with Crippen LogP contribution in [0.25, 0.3) is 0 Å². The van der Waals surface area contributed by atoms with E-state index in [0.717, 1.165) is 109 Å². The van der Waals surface area contributed by atoms with Crippen LogP contribution < -0.4 is 0 Å². The molecule has 6 N–H and O–H groups in total. The van der Waals surface area contributed by atoms with Crippen LogP contribution in [0.3, 0.4) is 0 Å². The van der Waals surface area contributed by atoms with Crippen molar-refractivity contribution in [3.05, 3.63) is 109 Å². The largest absolute Gasteiger partial charge is 0.472 e. The predicted octanol–water partition coefficient (Wildman–Crippen LogP) is 10.9. The summed E-state index contributed by atoms with van der Waals surface area (Å²) in [4.78, 5) is 23.2. The minimum Gasteiger partial charge on any atom is -0.457 e. The van der Waals surface area contributed by atoms with Gasteiger partial charge in [0.05, 0.1) is 13.2 Å². The van der Waals surface area contributed by atoms with Crippen molar-refractivity contribution < 1.29 is 58.3 Å². The summed E-state index contributed by atoms with van der Waals surface area (Å²) < 4.78 is 34.2. The highest BCUT2D eigenvalue weighted by Crippen LogP contribution is 2.47. The second-order valence-corrected chi connectivity index (χ2v) is 18.0. The number of phosphoric ester groups is 1. The lowest BCUT2D eigenvalue weighted by Gasteiger charge is -2.41. The van der Waals surface area contributed by atoms with Crippen molar-refractivity contribution in [1.82, 2.24) is 0 Å². The average molecular weight is 947 g/mol. The van der Waals surface area contributed by atoms with Crippen molar-refractivity contribution in [3.8, 4) is 0 Å². The van der Waals surface area contributed by atoms with Crippen LogP contribution in [0.2, 0.25) is 0 Å². The molecule has 1 rings (SSSR count). The Morgan fingerprint density at radius 3 is 1.36 bits per heavy atom. The molecule has 0 aliphatic heterocycles. The Morgan fingerprint density at radius 2 is 0.894 bits per heavy atom. The van der Waals surface area contributed by atoms with E-state index in [4.69, 9.17) is 18.5 Å².